The second-order valence-corrected chi connectivity index (χ2v) is 6.02. The molecule has 1 unspecified atom stereocenters. The molecule has 3 rings (SSSR count). The Kier molecular flexibility index (Phi) is 4.24. The first-order chi connectivity index (χ1) is 10.6. The van der Waals surface area contributed by atoms with E-state index in [-0.39, 0.29) is 17.4 Å². The molecule has 116 valence electrons. The van der Waals surface area contributed by atoms with Gasteiger partial charge in [0.1, 0.15) is 0 Å². The van der Waals surface area contributed by atoms with Gasteiger partial charge in [-0.1, -0.05) is 19.3 Å². The van der Waals surface area contributed by atoms with E-state index in [1.807, 2.05) is 6.07 Å². The van der Waals surface area contributed by atoms with Crippen LogP contribution in [-0.2, 0) is 4.79 Å². The number of fused-ring (bicyclic) bond motifs is 1. The van der Waals surface area contributed by atoms with Crippen LogP contribution < -0.4 is 16.6 Å². The summed E-state index contributed by atoms with van der Waals surface area (Å²) in [5.74, 6) is 0.133. The quantitative estimate of drug-likeness (QED) is 0.813. The largest absolute Gasteiger partial charge is 0.329 e. The van der Waals surface area contributed by atoms with Gasteiger partial charge in [0, 0.05) is 17.3 Å². The van der Waals surface area contributed by atoms with Crippen LogP contribution in [-0.4, -0.2) is 16.9 Å². The standard InChI is InChI=1S/C17H21N3O2/c18-15(11-4-2-1-3-5-11)17(22)20-13-6-7-14-12(10-13)8-9-19-16(14)21/h6-11,15H,1-5,18H2,(H,19,21)(H,20,22). The summed E-state index contributed by atoms with van der Waals surface area (Å²) in [5, 5.41) is 4.28. The van der Waals surface area contributed by atoms with Gasteiger partial charge in [0.05, 0.1) is 6.04 Å². The lowest BCUT2D eigenvalue weighted by Gasteiger charge is -2.26. The molecule has 1 aliphatic carbocycles. The number of nitrogens with one attached hydrogen (secondary N) is 2. The first-order valence-corrected chi connectivity index (χ1v) is 7.83. The van der Waals surface area contributed by atoms with Crippen molar-refractivity contribution in [1.82, 2.24) is 4.98 Å². The molecule has 0 radical (unpaired) electrons. The lowest BCUT2D eigenvalue weighted by molar-refractivity contribution is -0.118. The number of aromatic amines is 1. The summed E-state index contributed by atoms with van der Waals surface area (Å²) in [5.41, 5.74) is 6.65. The van der Waals surface area contributed by atoms with Crippen LogP contribution in [0.25, 0.3) is 10.8 Å². The number of H-pyrrole nitrogens is 1. The number of nitrogens with two attached hydrogens (primary N) is 1. The van der Waals surface area contributed by atoms with Crippen LogP contribution in [0.2, 0.25) is 0 Å². The Hall–Kier alpha value is -2.14. The van der Waals surface area contributed by atoms with E-state index in [2.05, 4.69) is 10.3 Å². The number of aromatic nitrogens is 1. The second kappa shape index (κ2) is 6.32. The van der Waals surface area contributed by atoms with Crippen LogP contribution in [0.1, 0.15) is 32.1 Å². The van der Waals surface area contributed by atoms with E-state index in [0.717, 1.165) is 31.1 Å². The highest BCUT2D eigenvalue weighted by atomic mass is 16.2. The van der Waals surface area contributed by atoms with Crippen molar-refractivity contribution in [2.24, 2.45) is 11.7 Å². The minimum absolute atomic E-state index is 0.130. The van der Waals surface area contributed by atoms with Gasteiger partial charge in [-0.2, -0.15) is 0 Å². The van der Waals surface area contributed by atoms with Crippen molar-refractivity contribution in [3.8, 4) is 0 Å². The summed E-state index contributed by atoms with van der Waals surface area (Å²) in [6.45, 7) is 0. The fraction of sp³-hybridized carbons (Fsp3) is 0.412. The number of anilines is 1. The lowest BCUT2D eigenvalue weighted by atomic mass is 9.84. The number of pyridine rings is 1. The molecule has 1 saturated carbocycles. The molecule has 0 bridgehead atoms. The highest BCUT2D eigenvalue weighted by Crippen LogP contribution is 2.26. The molecule has 1 amide bonds. The van der Waals surface area contributed by atoms with Gasteiger partial charge in [-0.15, -0.1) is 0 Å². The predicted molar refractivity (Wildman–Crippen MR) is 87.7 cm³/mol. The Bertz CT molecular complexity index is 732. The first kappa shape index (κ1) is 14.8. The molecule has 2 aromatic rings. The summed E-state index contributed by atoms with van der Waals surface area (Å²) in [6.07, 6.45) is 7.21. The minimum Gasteiger partial charge on any atom is -0.329 e. The van der Waals surface area contributed by atoms with E-state index >= 15 is 0 Å². The average molecular weight is 299 g/mol. The van der Waals surface area contributed by atoms with Crippen molar-refractivity contribution in [3.63, 3.8) is 0 Å². The Balaban J connectivity index is 1.74. The van der Waals surface area contributed by atoms with E-state index in [9.17, 15) is 9.59 Å². The Labute approximate surface area is 128 Å². The summed E-state index contributed by atoms with van der Waals surface area (Å²) >= 11 is 0. The van der Waals surface area contributed by atoms with E-state index in [1.54, 1.807) is 24.4 Å². The zero-order chi connectivity index (χ0) is 15.5. The maximum atomic E-state index is 12.3. The van der Waals surface area contributed by atoms with Crippen molar-refractivity contribution in [3.05, 3.63) is 40.8 Å². The highest BCUT2D eigenvalue weighted by Gasteiger charge is 2.26. The third-order valence-corrected chi connectivity index (χ3v) is 4.50. The van der Waals surface area contributed by atoms with Crippen molar-refractivity contribution < 1.29 is 4.79 Å². The monoisotopic (exact) mass is 299 g/mol. The third-order valence-electron chi connectivity index (χ3n) is 4.50. The number of carbonyl (C=O) groups excluding carboxylic acids is 1. The van der Waals surface area contributed by atoms with Gasteiger partial charge in [-0.3, -0.25) is 9.59 Å². The average Bonchev–Trinajstić information content (AvgIpc) is 2.55. The van der Waals surface area contributed by atoms with Gasteiger partial charge in [-0.05, 0) is 48.4 Å². The molecule has 0 spiro atoms. The molecule has 5 heteroatoms. The molecule has 5 nitrogen and oxygen atoms in total. The summed E-state index contributed by atoms with van der Waals surface area (Å²) < 4.78 is 0. The molecule has 1 aliphatic rings. The smallest absolute Gasteiger partial charge is 0.255 e. The number of benzene rings is 1. The summed E-state index contributed by atoms with van der Waals surface area (Å²) in [7, 11) is 0. The fourth-order valence-electron chi connectivity index (χ4n) is 3.20. The molecular weight excluding hydrogens is 278 g/mol. The molecule has 1 fully saturated rings. The summed E-state index contributed by atoms with van der Waals surface area (Å²) in [6, 6.07) is 6.61. The molecule has 0 aliphatic heterocycles. The van der Waals surface area contributed by atoms with Gasteiger partial charge >= 0.3 is 0 Å². The van der Waals surface area contributed by atoms with Crippen molar-refractivity contribution >= 4 is 22.4 Å². The third kappa shape index (κ3) is 3.04. The van der Waals surface area contributed by atoms with Gasteiger partial charge < -0.3 is 16.0 Å². The van der Waals surface area contributed by atoms with Crippen LogP contribution in [0, 0.1) is 5.92 Å². The molecule has 22 heavy (non-hydrogen) atoms. The molecular formula is C17H21N3O2. The number of amides is 1. The van der Waals surface area contributed by atoms with Crippen molar-refractivity contribution in [2.75, 3.05) is 5.32 Å². The van der Waals surface area contributed by atoms with Gasteiger partial charge in [-0.25, -0.2) is 0 Å². The molecule has 4 N–H and O–H groups in total. The molecule has 1 atom stereocenters. The number of carbonyl (C=O) groups is 1. The van der Waals surface area contributed by atoms with Gasteiger partial charge in [0.25, 0.3) is 5.56 Å². The minimum atomic E-state index is -0.463. The number of rotatable bonds is 3. The SMILES string of the molecule is NC(C(=O)Nc1ccc2c(=O)[nH]ccc2c1)C1CCCCC1. The number of hydrogen-bond acceptors (Lipinski definition) is 3. The summed E-state index contributed by atoms with van der Waals surface area (Å²) in [4.78, 5) is 26.6. The van der Waals surface area contributed by atoms with E-state index in [0.29, 0.717) is 11.1 Å². The molecule has 1 aromatic carbocycles. The van der Waals surface area contributed by atoms with Crippen molar-refractivity contribution in [2.45, 2.75) is 38.1 Å². The Morgan fingerprint density at radius 1 is 1.23 bits per heavy atom. The zero-order valence-electron chi connectivity index (χ0n) is 12.5. The molecule has 1 aromatic heterocycles. The van der Waals surface area contributed by atoms with Crippen molar-refractivity contribution in [1.29, 1.82) is 0 Å². The van der Waals surface area contributed by atoms with E-state index in [1.165, 1.54) is 6.42 Å². The van der Waals surface area contributed by atoms with E-state index < -0.39 is 6.04 Å². The number of hydrogen-bond donors (Lipinski definition) is 3. The molecule has 0 saturated heterocycles. The van der Waals surface area contributed by atoms with Crippen LogP contribution in [0.5, 0.6) is 0 Å². The fourth-order valence-corrected chi connectivity index (χ4v) is 3.20. The Morgan fingerprint density at radius 2 is 2.00 bits per heavy atom. The lowest BCUT2D eigenvalue weighted by Crippen LogP contribution is -2.42. The first-order valence-electron chi connectivity index (χ1n) is 7.83. The van der Waals surface area contributed by atoms with E-state index in [4.69, 9.17) is 5.73 Å². The zero-order valence-corrected chi connectivity index (χ0v) is 12.5. The van der Waals surface area contributed by atoms with Gasteiger partial charge in [0.2, 0.25) is 5.91 Å². The van der Waals surface area contributed by atoms with Crippen LogP contribution in [0.15, 0.2) is 35.3 Å². The normalized spacial score (nSPS) is 17.3. The van der Waals surface area contributed by atoms with Crippen LogP contribution in [0.4, 0.5) is 5.69 Å². The highest BCUT2D eigenvalue weighted by molar-refractivity contribution is 5.97. The van der Waals surface area contributed by atoms with Crippen LogP contribution >= 0.6 is 0 Å². The Morgan fingerprint density at radius 3 is 2.77 bits per heavy atom. The van der Waals surface area contributed by atoms with Gasteiger partial charge in [0.15, 0.2) is 0 Å². The predicted octanol–water partition coefficient (Wildman–Crippen LogP) is 2.37. The van der Waals surface area contributed by atoms with Crippen LogP contribution in [0.3, 0.4) is 0 Å². The maximum Gasteiger partial charge on any atom is 0.255 e. The maximum absolute atomic E-state index is 12.3. The second-order valence-electron chi connectivity index (χ2n) is 6.02. The molecule has 1 heterocycles. The topological polar surface area (TPSA) is 88.0 Å².